The lowest BCUT2D eigenvalue weighted by atomic mass is 9.96. The molecule has 2 aromatic carbocycles. The molecule has 0 heterocycles. The molecule has 18 heavy (non-hydrogen) atoms. The Balaban J connectivity index is 2.43. The van der Waals surface area contributed by atoms with Crippen LogP contribution in [0.3, 0.4) is 0 Å². The molecule has 0 aromatic heterocycles. The van der Waals surface area contributed by atoms with Crippen molar-refractivity contribution in [1.29, 1.82) is 0 Å². The molecule has 2 nitrogen and oxygen atoms in total. The van der Waals surface area contributed by atoms with Crippen LogP contribution in [-0.2, 0) is 4.79 Å². The van der Waals surface area contributed by atoms with Gasteiger partial charge in [0.15, 0.2) is 0 Å². The van der Waals surface area contributed by atoms with Gasteiger partial charge in [0.05, 0.1) is 5.57 Å². The molecule has 0 saturated carbocycles. The van der Waals surface area contributed by atoms with Crippen molar-refractivity contribution in [3.63, 3.8) is 0 Å². The van der Waals surface area contributed by atoms with Crippen LogP contribution in [0, 0.1) is 6.92 Å². The molecular formula is C16H14O2. The smallest absolute Gasteiger partial charge is 0.335 e. The molecule has 0 bridgehead atoms. The van der Waals surface area contributed by atoms with E-state index < -0.39 is 5.97 Å². The molecule has 0 aliphatic heterocycles. The Kier molecular flexibility index (Phi) is 3.28. The van der Waals surface area contributed by atoms with Gasteiger partial charge in [0.2, 0.25) is 0 Å². The highest BCUT2D eigenvalue weighted by atomic mass is 16.4. The molecule has 0 spiro atoms. The maximum atomic E-state index is 10.9. The van der Waals surface area contributed by atoms with Crippen LogP contribution in [0.15, 0.2) is 55.1 Å². The van der Waals surface area contributed by atoms with Crippen LogP contribution in [0.25, 0.3) is 16.7 Å². The van der Waals surface area contributed by atoms with Crippen LogP contribution in [0.2, 0.25) is 0 Å². The van der Waals surface area contributed by atoms with Gasteiger partial charge < -0.3 is 5.11 Å². The number of hydrogen-bond acceptors (Lipinski definition) is 1. The Labute approximate surface area is 106 Å². The molecule has 0 aliphatic carbocycles. The summed E-state index contributed by atoms with van der Waals surface area (Å²) < 4.78 is 0. The van der Waals surface area contributed by atoms with Crippen molar-refractivity contribution in [2.24, 2.45) is 0 Å². The van der Waals surface area contributed by atoms with E-state index in [4.69, 9.17) is 5.11 Å². The molecule has 0 aliphatic rings. The third-order valence-corrected chi connectivity index (χ3v) is 2.92. The van der Waals surface area contributed by atoms with Crippen LogP contribution >= 0.6 is 0 Å². The number of carboxylic acids is 1. The fourth-order valence-electron chi connectivity index (χ4n) is 1.92. The van der Waals surface area contributed by atoms with Gasteiger partial charge in [0.1, 0.15) is 0 Å². The molecule has 0 atom stereocenters. The molecule has 0 fully saturated rings. The first-order valence-electron chi connectivity index (χ1n) is 5.68. The van der Waals surface area contributed by atoms with Gasteiger partial charge in [-0.25, -0.2) is 4.79 Å². The predicted molar refractivity (Wildman–Crippen MR) is 73.3 cm³/mol. The Hall–Kier alpha value is -2.35. The quantitative estimate of drug-likeness (QED) is 0.827. The van der Waals surface area contributed by atoms with Crippen molar-refractivity contribution in [1.82, 2.24) is 0 Å². The van der Waals surface area contributed by atoms with E-state index >= 15 is 0 Å². The molecule has 0 radical (unpaired) electrons. The zero-order valence-corrected chi connectivity index (χ0v) is 10.2. The zero-order chi connectivity index (χ0) is 13.1. The summed E-state index contributed by atoms with van der Waals surface area (Å²) in [7, 11) is 0. The fraction of sp³-hybridized carbons (Fsp3) is 0.0625. The second-order valence-electron chi connectivity index (χ2n) is 4.18. The Morgan fingerprint density at radius 3 is 2.33 bits per heavy atom. The van der Waals surface area contributed by atoms with Crippen molar-refractivity contribution in [3.8, 4) is 11.1 Å². The molecule has 1 N–H and O–H groups in total. The van der Waals surface area contributed by atoms with Crippen LogP contribution in [0.5, 0.6) is 0 Å². The van der Waals surface area contributed by atoms with Crippen molar-refractivity contribution in [3.05, 3.63) is 66.2 Å². The van der Waals surface area contributed by atoms with Crippen LogP contribution in [-0.4, -0.2) is 11.1 Å². The number of hydrogen-bond donors (Lipinski definition) is 1. The summed E-state index contributed by atoms with van der Waals surface area (Å²) in [6.45, 7) is 5.54. The molecule has 90 valence electrons. The van der Waals surface area contributed by atoms with Crippen LogP contribution < -0.4 is 0 Å². The van der Waals surface area contributed by atoms with Gasteiger partial charge in [-0.2, -0.15) is 0 Å². The van der Waals surface area contributed by atoms with E-state index in [0.717, 1.165) is 16.7 Å². The van der Waals surface area contributed by atoms with E-state index in [1.54, 1.807) is 6.07 Å². The minimum Gasteiger partial charge on any atom is -0.478 e. The highest BCUT2D eigenvalue weighted by Crippen LogP contribution is 2.26. The molecular weight excluding hydrogens is 224 g/mol. The standard InChI is InChI=1S/C16H14O2/c1-11-10-14(12(2)16(17)18)8-9-15(11)13-6-4-3-5-7-13/h3-10H,2H2,1H3,(H,17,18). The number of carboxylic acid groups (broad SMARTS) is 1. The predicted octanol–water partition coefficient (Wildman–Crippen LogP) is 3.76. The van der Waals surface area contributed by atoms with Gasteiger partial charge in [0, 0.05) is 0 Å². The van der Waals surface area contributed by atoms with Gasteiger partial charge in [-0.3, -0.25) is 0 Å². The maximum absolute atomic E-state index is 10.9. The molecule has 0 amide bonds. The van der Waals surface area contributed by atoms with Gasteiger partial charge in [-0.15, -0.1) is 0 Å². The van der Waals surface area contributed by atoms with Crippen molar-refractivity contribution in [2.75, 3.05) is 0 Å². The van der Waals surface area contributed by atoms with E-state index in [1.807, 2.05) is 49.4 Å². The number of carbonyl (C=O) groups is 1. The van der Waals surface area contributed by atoms with Crippen molar-refractivity contribution in [2.45, 2.75) is 6.92 Å². The minimum absolute atomic E-state index is 0.123. The average molecular weight is 238 g/mol. The molecule has 0 unspecified atom stereocenters. The Morgan fingerprint density at radius 2 is 1.78 bits per heavy atom. The van der Waals surface area contributed by atoms with Gasteiger partial charge >= 0.3 is 5.97 Å². The fourth-order valence-corrected chi connectivity index (χ4v) is 1.92. The monoisotopic (exact) mass is 238 g/mol. The summed E-state index contributed by atoms with van der Waals surface area (Å²) in [5, 5.41) is 8.91. The van der Waals surface area contributed by atoms with Gasteiger partial charge in [-0.1, -0.05) is 55.1 Å². The summed E-state index contributed by atoms with van der Waals surface area (Å²) in [5.41, 5.74) is 4.05. The van der Waals surface area contributed by atoms with E-state index in [0.29, 0.717) is 5.56 Å². The number of aryl methyl sites for hydroxylation is 1. The largest absolute Gasteiger partial charge is 0.478 e. The first-order valence-corrected chi connectivity index (χ1v) is 5.68. The van der Waals surface area contributed by atoms with Gasteiger partial charge in [-0.05, 0) is 29.2 Å². The van der Waals surface area contributed by atoms with Crippen molar-refractivity contribution < 1.29 is 9.90 Å². The molecule has 2 rings (SSSR count). The third kappa shape index (κ3) is 2.33. The zero-order valence-electron chi connectivity index (χ0n) is 10.2. The highest BCUT2D eigenvalue weighted by Gasteiger charge is 2.09. The molecule has 0 saturated heterocycles. The Morgan fingerprint density at radius 1 is 1.11 bits per heavy atom. The number of aliphatic carboxylic acids is 1. The maximum Gasteiger partial charge on any atom is 0.335 e. The Bertz CT molecular complexity index is 598. The summed E-state index contributed by atoms with van der Waals surface area (Å²) in [4.78, 5) is 10.9. The second-order valence-corrected chi connectivity index (χ2v) is 4.18. The number of benzene rings is 2. The minimum atomic E-state index is -0.984. The third-order valence-electron chi connectivity index (χ3n) is 2.92. The van der Waals surface area contributed by atoms with Crippen LogP contribution in [0.1, 0.15) is 11.1 Å². The van der Waals surface area contributed by atoms with E-state index in [2.05, 4.69) is 6.58 Å². The van der Waals surface area contributed by atoms with Gasteiger partial charge in [0.25, 0.3) is 0 Å². The summed E-state index contributed by atoms with van der Waals surface area (Å²) in [5.74, 6) is -0.984. The summed E-state index contributed by atoms with van der Waals surface area (Å²) >= 11 is 0. The van der Waals surface area contributed by atoms with Crippen LogP contribution in [0.4, 0.5) is 0 Å². The highest BCUT2D eigenvalue weighted by molar-refractivity contribution is 6.14. The van der Waals surface area contributed by atoms with E-state index in [1.165, 1.54) is 0 Å². The first kappa shape index (κ1) is 12.1. The van der Waals surface area contributed by atoms with E-state index in [-0.39, 0.29) is 5.57 Å². The summed E-state index contributed by atoms with van der Waals surface area (Å²) in [6, 6.07) is 15.6. The van der Waals surface area contributed by atoms with E-state index in [9.17, 15) is 4.79 Å². The molecule has 2 aromatic rings. The first-order chi connectivity index (χ1) is 8.59. The average Bonchev–Trinajstić information content (AvgIpc) is 2.38. The second kappa shape index (κ2) is 4.88. The summed E-state index contributed by atoms with van der Waals surface area (Å²) in [6.07, 6.45) is 0. The lowest BCUT2D eigenvalue weighted by molar-refractivity contribution is -0.130. The lowest BCUT2D eigenvalue weighted by Crippen LogP contribution is -1.98. The number of rotatable bonds is 3. The lowest BCUT2D eigenvalue weighted by Gasteiger charge is -2.08. The SMILES string of the molecule is C=C(C(=O)O)c1ccc(-c2ccccc2)c(C)c1. The normalized spacial score (nSPS) is 10.1. The van der Waals surface area contributed by atoms with Crippen molar-refractivity contribution >= 4 is 11.5 Å². The molecule has 2 heteroatoms. The topological polar surface area (TPSA) is 37.3 Å².